The number of rotatable bonds is 6. The van der Waals surface area contributed by atoms with Crippen molar-refractivity contribution in [1.82, 2.24) is 14.9 Å². The van der Waals surface area contributed by atoms with Crippen molar-refractivity contribution in [2.24, 2.45) is 0 Å². The average Bonchev–Trinajstić information content (AvgIpc) is 3.53. The average molecular weight is 367 g/mol. The van der Waals surface area contributed by atoms with Crippen molar-refractivity contribution in [3.8, 4) is 0 Å². The van der Waals surface area contributed by atoms with Crippen LogP contribution in [0.3, 0.4) is 0 Å². The van der Waals surface area contributed by atoms with Crippen LogP contribution in [0.1, 0.15) is 43.0 Å². The van der Waals surface area contributed by atoms with Gasteiger partial charge >= 0.3 is 0 Å². The molecule has 2 heterocycles. The standard InChI is InChI=1S/C20H25N5O2/c1-23(19-10-11-21-20(22-19)15-8-9-15)17-6-4-12-24(14-17)13-16-5-2-3-7-18(16)25(26)27/h2-3,5,7,10-11,15,17H,4,6,8-9,12-14H2,1H3. The molecule has 1 saturated carbocycles. The van der Waals surface area contributed by atoms with E-state index >= 15 is 0 Å². The van der Waals surface area contributed by atoms with E-state index in [9.17, 15) is 10.1 Å². The van der Waals surface area contributed by atoms with Crippen LogP contribution < -0.4 is 4.90 Å². The summed E-state index contributed by atoms with van der Waals surface area (Å²) in [6, 6.07) is 9.37. The predicted octanol–water partition coefficient (Wildman–Crippen LogP) is 3.36. The van der Waals surface area contributed by atoms with E-state index < -0.39 is 0 Å². The second kappa shape index (κ2) is 7.60. The molecule has 0 spiro atoms. The summed E-state index contributed by atoms with van der Waals surface area (Å²) in [7, 11) is 2.10. The molecule has 4 rings (SSSR count). The fraction of sp³-hybridized carbons (Fsp3) is 0.500. The molecule has 0 bridgehead atoms. The van der Waals surface area contributed by atoms with Crippen LogP contribution in [0, 0.1) is 10.1 Å². The molecule has 0 N–H and O–H groups in total. The lowest BCUT2D eigenvalue weighted by atomic mass is 10.0. The lowest BCUT2D eigenvalue weighted by Crippen LogP contribution is -2.46. The largest absolute Gasteiger partial charge is 0.355 e. The summed E-state index contributed by atoms with van der Waals surface area (Å²) in [6.07, 6.45) is 6.43. The second-order valence-electron chi connectivity index (χ2n) is 7.58. The van der Waals surface area contributed by atoms with Crippen LogP contribution in [0.4, 0.5) is 11.5 Å². The van der Waals surface area contributed by atoms with Gasteiger partial charge in [-0.1, -0.05) is 18.2 Å². The fourth-order valence-corrected chi connectivity index (χ4v) is 3.84. The van der Waals surface area contributed by atoms with Gasteiger partial charge in [-0.2, -0.15) is 0 Å². The van der Waals surface area contributed by atoms with Crippen LogP contribution in [0.15, 0.2) is 36.5 Å². The predicted molar refractivity (Wildman–Crippen MR) is 104 cm³/mol. The van der Waals surface area contributed by atoms with Gasteiger partial charge in [0.1, 0.15) is 11.6 Å². The highest BCUT2D eigenvalue weighted by Crippen LogP contribution is 2.38. The van der Waals surface area contributed by atoms with Crippen molar-refractivity contribution in [2.75, 3.05) is 25.0 Å². The van der Waals surface area contributed by atoms with E-state index in [-0.39, 0.29) is 10.6 Å². The Balaban J connectivity index is 1.45. The van der Waals surface area contributed by atoms with Crippen LogP contribution in [-0.4, -0.2) is 46.0 Å². The van der Waals surface area contributed by atoms with E-state index in [2.05, 4.69) is 21.8 Å². The molecule has 1 aliphatic carbocycles. The number of benzene rings is 1. The van der Waals surface area contributed by atoms with Gasteiger partial charge in [0.05, 0.1) is 4.92 Å². The quantitative estimate of drug-likeness (QED) is 0.576. The number of para-hydroxylation sites is 1. The maximum Gasteiger partial charge on any atom is 0.273 e. The number of likely N-dealkylation sites (N-methyl/N-ethyl adjacent to an activating group) is 1. The Morgan fingerprint density at radius 3 is 2.85 bits per heavy atom. The minimum absolute atomic E-state index is 0.206. The summed E-state index contributed by atoms with van der Waals surface area (Å²) >= 11 is 0. The number of nitro benzene ring substituents is 1. The van der Waals surface area contributed by atoms with Crippen molar-refractivity contribution in [1.29, 1.82) is 0 Å². The van der Waals surface area contributed by atoms with Crippen LogP contribution in [-0.2, 0) is 6.54 Å². The Labute approximate surface area is 159 Å². The van der Waals surface area contributed by atoms with Crippen LogP contribution >= 0.6 is 0 Å². The van der Waals surface area contributed by atoms with Gasteiger partial charge in [0.2, 0.25) is 0 Å². The maximum absolute atomic E-state index is 11.3. The summed E-state index contributed by atoms with van der Waals surface area (Å²) < 4.78 is 0. The first-order valence-corrected chi connectivity index (χ1v) is 9.62. The van der Waals surface area contributed by atoms with E-state index in [0.29, 0.717) is 18.5 Å². The molecule has 2 aromatic rings. The highest BCUT2D eigenvalue weighted by Gasteiger charge is 2.29. The summed E-state index contributed by atoms with van der Waals surface area (Å²) in [4.78, 5) is 24.7. The van der Waals surface area contributed by atoms with Crippen molar-refractivity contribution in [3.63, 3.8) is 0 Å². The molecule has 1 unspecified atom stereocenters. The van der Waals surface area contributed by atoms with Gasteiger partial charge in [-0.15, -0.1) is 0 Å². The molecule has 1 saturated heterocycles. The number of anilines is 1. The lowest BCUT2D eigenvalue weighted by Gasteiger charge is -2.38. The SMILES string of the molecule is CN(c1ccnc(C2CC2)n1)C1CCCN(Cc2ccccc2[N+](=O)[O-])C1. The topological polar surface area (TPSA) is 75.4 Å². The number of hydrogen-bond acceptors (Lipinski definition) is 6. The van der Waals surface area contributed by atoms with Gasteiger partial charge in [0, 0.05) is 49.9 Å². The van der Waals surface area contributed by atoms with Gasteiger partial charge in [0.15, 0.2) is 0 Å². The zero-order valence-corrected chi connectivity index (χ0v) is 15.6. The molecule has 7 nitrogen and oxygen atoms in total. The van der Waals surface area contributed by atoms with E-state index in [1.807, 2.05) is 24.4 Å². The minimum atomic E-state index is -0.289. The molecule has 0 amide bonds. The molecule has 1 aromatic heterocycles. The van der Waals surface area contributed by atoms with Gasteiger partial charge in [-0.05, 0) is 38.3 Å². The van der Waals surface area contributed by atoms with Gasteiger partial charge < -0.3 is 4.90 Å². The highest BCUT2D eigenvalue weighted by molar-refractivity contribution is 5.40. The second-order valence-corrected chi connectivity index (χ2v) is 7.58. The Kier molecular flexibility index (Phi) is 5.03. The summed E-state index contributed by atoms with van der Waals surface area (Å²) in [5, 5.41) is 11.3. The Morgan fingerprint density at radius 2 is 2.07 bits per heavy atom. The van der Waals surface area contributed by atoms with Crippen LogP contribution in [0.5, 0.6) is 0 Å². The molecule has 2 fully saturated rings. The Bertz CT molecular complexity index is 824. The van der Waals surface area contributed by atoms with Gasteiger partial charge in [-0.25, -0.2) is 9.97 Å². The molecule has 1 aliphatic heterocycles. The first kappa shape index (κ1) is 17.9. The van der Waals surface area contributed by atoms with E-state index in [0.717, 1.165) is 43.1 Å². The van der Waals surface area contributed by atoms with E-state index in [1.54, 1.807) is 12.1 Å². The first-order chi connectivity index (χ1) is 13.1. The van der Waals surface area contributed by atoms with Crippen LogP contribution in [0.25, 0.3) is 0 Å². The first-order valence-electron chi connectivity index (χ1n) is 9.62. The molecule has 1 atom stereocenters. The van der Waals surface area contributed by atoms with Crippen molar-refractivity contribution < 1.29 is 4.92 Å². The van der Waals surface area contributed by atoms with E-state index in [1.165, 1.54) is 12.8 Å². The number of aromatic nitrogens is 2. The van der Waals surface area contributed by atoms with Crippen molar-refractivity contribution in [2.45, 2.75) is 44.2 Å². The third-order valence-electron chi connectivity index (χ3n) is 5.57. The normalized spacial score (nSPS) is 20.4. The molecule has 2 aliphatic rings. The van der Waals surface area contributed by atoms with Crippen LogP contribution in [0.2, 0.25) is 0 Å². The number of piperidine rings is 1. The third-order valence-corrected chi connectivity index (χ3v) is 5.57. The minimum Gasteiger partial charge on any atom is -0.355 e. The zero-order chi connectivity index (χ0) is 18.8. The molecule has 0 radical (unpaired) electrons. The monoisotopic (exact) mass is 367 g/mol. The Morgan fingerprint density at radius 1 is 1.26 bits per heavy atom. The van der Waals surface area contributed by atoms with Crippen molar-refractivity contribution in [3.05, 3.63) is 58.0 Å². The third kappa shape index (κ3) is 4.08. The number of nitro groups is 1. The smallest absolute Gasteiger partial charge is 0.273 e. The Hall–Kier alpha value is -2.54. The van der Waals surface area contributed by atoms with Gasteiger partial charge in [0.25, 0.3) is 5.69 Å². The lowest BCUT2D eigenvalue weighted by molar-refractivity contribution is -0.385. The molecule has 1 aromatic carbocycles. The molecule has 7 heteroatoms. The summed E-state index contributed by atoms with van der Waals surface area (Å²) in [6.45, 7) is 2.46. The molecule has 27 heavy (non-hydrogen) atoms. The van der Waals surface area contributed by atoms with E-state index in [4.69, 9.17) is 4.98 Å². The summed E-state index contributed by atoms with van der Waals surface area (Å²) in [5.41, 5.74) is 0.988. The van der Waals surface area contributed by atoms with Crippen molar-refractivity contribution >= 4 is 11.5 Å². The zero-order valence-electron chi connectivity index (χ0n) is 15.6. The number of nitrogens with zero attached hydrogens (tertiary/aromatic N) is 5. The number of likely N-dealkylation sites (tertiary alicyclic amines) is 1. The summed E-state index contributed by atoms with van der Waals surface area (Å²) in [5.74, 6) is 2.48. The fourth-order valence-electron chi connectivity index (χ4n) is 3.84. The highest BCUT2D eigenvalue weighted by atomic mass is 16.6. The molecular formula is C20H25N5O2. The molecular weight excluding hydrogens is 342 g/mol. The molecule has 142 valence electrons. The van der Waals surface area contributed by atoms with Gasteiger partial charge in [-0.3, -0.25) is 15.0 Å². The number of hydrogen-bond donors (Lipinski definition) is 0. The maximum atomic E-state index is 11.3.